The van der Waals surface area contributed by atoms with Gasteiger partial charge in [0.2, 0.25) is 5.88 Å². The lowest BCUT2D eigenvalue weighted by Gasteiger charge is -2.09. The molecule has 0 aliphatic rings. The Bertz CT molecular complexity index is 735. The van der Waals surface area contributed by atoms with E-state index in [1.54, 1.807) is 12.3 Å². The molecule has 0 amide bonds. The molecular weight excluding hydrogens is 238 g/mol. The van der Waals surface area contributed by atoms with Gasteiger partial charge in [-0.25, -0.2) is 0 Å². The fourth-order valence-electron chi connectivity index (χ4n) is 1.91. The molecule has 0 bridgehead atoms. The van der Waals surface area contributed by atoms with Gasteiger partial charge in [-0.3, -0.25) is 0 Å². The first-order valence-corrected chi connectivity index (χ1v) is 5.98. The van der Waals surface area contributed by atoms with Crippen molar-refractivity contribution < 1.29 is 4.74 Å². The Balaban J connectivity index is 2.08. The van der Waals surface area contributed by atoms with Crippen LogP contribution in [0.4, 0.5) is 5.69 Å². The SMILES string of the molecule is Cc1ccc(N)cc1Oc1nncc2ccccc12. The third kappa shape index (κ3) is 2.20. The minimum Gasteiger partial charge on any atom is -0.437 e. The van der Waals surface area contributed by atoms with Crippen LogP contribution < -0.4 is 10.5 Å². The van der Waals surface area contributed by atoms with Crippen molar-refractivity contribution in [2.45, 2.75) is 6.92 Å². The molecule has 0 saturated heterocycles. The van der Waals surface area contributed by atoms with Gasteiger partial charge in [-0.2, -0.15) is 5.10 Å². The van der Waals surface area contributed by atoms with Crippen LogP contribution in [0.1, 0.15) is 5.56 Å². The number of nitrogens with zero attached hydrogens (tertiary/aromatic N) is 2. The molecule has 3 aromatic rings. The topological polar surface area (TPSA) is 61.0 Å². The summed E-state index contributed by atoms with van der Waals surface area (Å²) in [6, 6.07) is 13.4. The highest BCUT2D eigenvalue weighted by atomic mass is 16.5. The lowest BCUT2D eigenvalue weighted by atomic mass is 10.2. The number of fused-ring (bicyclic) bond motifs is 1. The van der Waals surface area contributed by atoms with Gasteiger partial charge in [0.25, 0.3) is 0 Å². The van der Waals surface area contributed by atoms with E-state index in [-0.39, 0.29) is 0 Å². The van der Waals surface area contributed by atoms with Crippen molar-refractivity contribution in [1.82, 2.24) is 10.2 Å². The number of nitrogen functional groups attached to an aromatic ring is 1. The lowest BCUT2D eigenvalue weighted by Crippen LogP contribution is -1.95. The molecule has 0 unspecified atom stereocenters. The van der Waals surface area contributed by atoms with Crippen molar-refractivity contribution in [3.8, 4) is 11.6 Å². The van der Waals surface area contributed by atoms with Gasteiger partial charge in [0, 0.05) is 22.5 Å². The predicted molar refractivity (Wildman–Crippen MR) is 75.2 cm³/mol. The van der Waals surface area contributed by atoms with E-state index >= 15 is 0 Å². The number of hydrogen-bond acceptors (Lipinski definition) is 4. The number of nitrogens with two attached hydrogens (primary N) is 1. The van der Waals surface area contributed by atoms with Crippen LogP contribution in [0.25, 0.3) is 10.8 Å². The summed E-state index contributed by atoms with van der Waals surface area (Å²) in [6.45, 7) is 1.97. The van der Waals surface area contributed by atoms with E-state index in [4.69, 9.17) is 10.5 Å². The van der Waals surface area contributed by atoms with Crippen molar-refractivity contribution in [3.05, 3.63) is 54.2 Å². The standard InChI is InChI=1S/C15H13N3O/c1-10-6-7-12(16)8-14(10)19-15-13-5-3-2-4-11(13)9-17-18-15/h2-9H,16H2,1H3. The summed E-state index contributed by atoms with van der Waals surface area (Å²) in [5, 5.41) is 9.94. The summed E-state index contributed by atoms with van der Waals surface area (Å²) in [4.78, 5) is 0. The van der Waals surface area contributed by atoms with E-state index in [1.165, 1.54) is 0 Å². The van der Waals surface area contributed by atoms with Gasteiger partial charge >= 0.3 is 0 Å². The smallest absolute Gasteiger partial charge is 0.246 e. The van der Waals surface area contributed by atoms with Gasteiger partial charge in [-0.15, -0.1) is 5.10 Å². The maximum atomic E-state index is 5.85. The summed E-state index contributed by atoms with van der Waals surface area (Å²) in [5.74, 6) is 1.19. The van der Waals surface area contributed by atoms with E-state index in [9.17, 15) is 0 Å². The molecule has 0 saturated carbocycles. The normalized spacial score (nSPS) is 10.6. The highest BCUT2D eigenvalue weighted by Gasteiger charge is 2.07. The molecule has 94 valence electrons. The highest BCUT2D eigenvalue weighted by molar-refractivity contribution is 5.86. The van der Waals surface area contributed by atoms with Crippen LogP contribution in [0.15, 0.2) is 48.7 Å². The van der Waals surface area contributed by atoms with Crippen LogP contribution in [0, 0.1) is 6.92 Å². The Morgan fingerprint density at radius 3 is 2.84 bits per heavy atom. The molecule has 4 heteroatoms. The van der Waals surface area contributed by atoms with Crippen LogP contribution in [0.3, 0.4) is 0 Å². The number of anilines is 1. The second-order valence-corrected chi connectivity index (χ2v) is 4.36. The van der Waals surface area contributed by atoms with Crippen molar-refractivity contribution in [1.29, 1.82) is 0 Å². The first-order chi connectivity index (χ1) is 9.24. The highest BCUT2D eigenvalue weighted by Crippen LogP contribution is 2.29. The van der Waals surface area contributed by atoms with Crippen LogP contribution >= 0.6 is 0 Å². The van der Waals surface area contributed by atoms with Crippen LogP contribution in [0.2, 0.25) is 0 Å². The summed E-state index contributed by atoms with van der Waals surface area (Å²) in [7, 11) is 0. The van der Waals surface area contributed by atoms with Gasteiger partial charge in [0.05, 0.1) is 6.20 Å². The third-order valence-corrected chi connectivity index (χ3v) is 2.96. The zero-order valence-corrected chi connectivity index (χ0v) is 10.5. The molecule has 2 aromatic carbocycles. The Morgan fingerprint density at radius 1 is 1.11 bits per heavy atom. The third-order valence-electron chi connectivity index (χ3n) is 2.96. The Labute approximate surface area is 110 Å². The average molecular weight is 251 g/mol. The van der Waals surface area contributed by atoms with Crippen LogP contribution in [0.5, 0.6) is 11.6 Å². The Hall–Kier alpha value is -2.62. The molecule has 0 fully saturated rings. The maximum Gasteiger partial charge on any atom is 0.246 e. The predicted octanol–water partition coefficient (Wildman–Crippen LogP) is 3.31. The maximum absolute atomic E-state index is 5.85. The molecule has 0 radical (unpaired) electrons. The van der Waals surface area contributed by atoms with E-state index < -0.39 is 0 Å². The summed E-state index contributed by atoms with van der Waals surface area (Å²) in [5.41, 5.74) is 7.44. The molecule has 3 rings (SSSR count). The molecule has 1 aromatic heterocycles. The summed E-state index contributed by atoms with van der Waals surface area (Å²) in [6.07, 6.45) is 1.72. The van der Waals surface area contributed by atoms with Crippen LogP contribution in [-0.2, 0) is 0 Å². The minimum absolute atomic E-state index is 0.492. The van der Waals surface area contributed by atoms with E-state index in [0.29, 0.717) is 17.3 Å². The Kier molecular flexibility index (Phi) is 2.76. The number of hydrogen-bond donors (Lipinski definition) is 1. The largest absolute Gasteiger partial charge is 0.437 e. The molecule has 2 N–H and O–H groups in total. The molecule has 1 heterocycles. The van der Waals surface area contributed by atoms with Crippen molar-refractivity contribution in [3.63, 3.8) is 0 Å². The molecule has 4 nitrogen and oxygen atoms in total. The van der Waals surface area contributed by atoms with Crippen molar-refractivity contribution in [2.24, 2.45) is 0 Å². The second-order valence-electron chi connectivity index (χ2n) is 4.36. The summed E-state index contributed by atoms with van der Waals surface area (Å²) >= 11 is 0. The van der Waals surface area contributed by atoms with Gasteiger partial charge in [-0.1, -0.05) is 24.3 Å². The van der Waals surface area contributed by atoms with Gasteiger partial charge in [-0.05, 0) is 24.6 Å². The first kappa shape index (κ1) is 11.5. The number of aromatic nitrogens is 2. The monoisotopic (exact) mass is 251 g/mol. The van der Waals surface area contributed by atoms with Crippen molar-refractivity contribution in [2.75, 3.05) is 5.73 Å². The average Bonchev–Trinajstić information content (AvgIpc) is 2.43. The molecule has 0 atom stereocenters. The zero-order valence-electron chi connectivity index (χ0n) is 10.5. The van der Waals surface area contributed by atoms with E-state index in [1.807, 2.05) is 43.3 Å². The number of rotatable bonds is 2. The van der Waals surface area contributed by atoms with E-state index in [0.717, 1.165) is 16.3 Å². The lowest BCUT2D eigenvalue weighted by molar-refractivity contribution is 0.459. The van der Waals surface area contributed by atoms with Gasteiger partial charge < -0.3 is 10.5 Å². The zero-order chi connectivity index (χ0) is 13.2. The molecule has 0 spiro atoms. The molecule has 19 heavy (non-hydrogen) atoms. The van der Waals surface area contributed by atoms with Gasteiger partial charge in [0.15, 0.2) is 0 Å². The fourth-order valence-corrected chi connectivity index (χ4v) is 1.91. The Morgan fingerprint density at radius 2 is 1.95 bits per heavy atom. The number of benzene rings is 2. The second kappa shape index (κ2) is 4.57. The van der Waals surface area contributed by atoms with Crippen molar-refractivity contribution >= 4 is 16.5 Å². The quantitative estimate of drug-likeness (QED) is 0.710. The molecular formula is C15H13N3O. The first-order valence-electron chi connectivity index (χ1n) is 5.98. The summed E-state index contributed by atoms with van der Waals surface area (Å²) < 4.78 is 5.85. The van der Waals surface area contributed by atoms with Gasteiger partial charge in [0.1, 0.15) is 5.75 Å². The fraction of sp³-hybridized carbons (Fsp3) is 0.0667. The molecule has 0 aliphatic heterocycles. The molecule has 0 aliphatic carbocycles. The minimum atomic E-state index is 0.492. The number of ether oxygens (including phenoxy) is 1. The van der Waals surface area contributed by atoms with Crippen LogP contribution in [-0.4, -0.2) is 10.2 Å². The van der Waals surface area contributed by atoms with E-state index in [2.05, 4.69) is 10.2 Å². The number of aryl methyl sites for hydroxylation is 1.